The summed E-state index contributed by atoms with van der Waals surface area (Å²) in [5, 5.41) is 4.70. The molecule has 98 valence electrons. The summed E-state index contributed by atoms with van der Waals surface area (Å²) >= 11 is 1.85. The van der Waals surface area contributed by atoms with Gasteiger partial charge in [-0.05, 0) is 25.2 Å². The fourth-order valence-corrected chi connectivity index (χ4v) is 3.28. The van der Waals surface area contributed by atoms with Crippen LogP contribution in [0.15, 0.2) is 4.99 Å². The standard InChI is InChI=1S/C13H24N2OS/c1-12(2,3)10-5-8-17-11(14-10)15-13(4)6-7-16-9-13/h10H,5-9H2,1-4H3,(H,14,15). The van der Waals surface area contributed by atoms with E-state index in [0.29, 0.717) is 6.04 Å². The molecule has 2 rings (SSSR count). The van der Waals surface area contributed by atoms with E-state index in [2.05, 4.69) is 33.0 Å². The minimum atomic E-state index is 0.0889. The topological polar surface area (TPSA) is 33.6 Å². The van der Waals surface area contributed by atoms with Crippen molar-refractivity contribution in [1.82, 2.24) is 5.32 Å². The van der Waals surface area contributed by atoms with E-state index in [1.807, 2.05) is 11.8 Å². The highest BCUT2D eigenvalue weighted by atomic mass is 32.2. The van der Waals surface area contributed by atoms with Gasteiger partial charge in [0.2, 0.25) is 0 Å². The van der Waals surface area contributed by atoms with Crippen LogP contribution in [0.25, 0.3) is 0 Å². The van der Waals surface area contributed by atoms with Gasteiger partial charge in [-0.2, -0.15) is 0 Å². The van der Waals surface area contributed by atoms with Crippen molar-refractivity contribution in [3.05, 3.63) is 0 Å². The lowest BCUT2D eigenvalue weighted by molar-refractivity contribution is 0.177. The van der Waals surface area contributed by atoms with E-state index in [4.69, 9.17) is 9.73 Å². The highest BCUT2D eigenvalue weighted by Crippen LogP contribution is 2.31. The van der Waals surface area contributed by atoms with Crippen molar-refractivity contribution < 1.29 is 4.74 Å². The van der Waals surface area contributed by atoms with Crippen molar-refractivity contribution in [2.24, 2.45) is 10.4 Å². The van der Waals surface area contributed by atoms with E-state index in [9.17, 15) is 0 Å². The highest BCUT2D eigenvalue weighted by molar-refractivity contribution is 8.13. The lowest BCUT2D eigenvalue weighted by Gasteiger charge is -2.33. The molecule has 0 saturated carbocycles. The van der Waals surface area contributed by atoms with Crippen LogP contribution in [0, 0.1) is 5.41 Å². The van der Waals surface area contributed by atoms with Crippen LogP contribution in [0.4, 0.5) is 0 Å². The maximum absolute atomic E-state index is 5.47. The van der Waals surface area contributed by atoms with Crippen molar-refractivity contribution in [2.75, 3.05) is 19.0 Å². The smallest absolute Gasteiger partial charge is 0.157 e. The average Bonchev–Trinajstić information content (AvgIpc) is 2.64. The van der Waals surface area contributed by atoms with E-state index in [1.54, 1.807) is 0 Å². The Kier molecular flexibility index (Phi) is 3.74. The van der Waals surface area contributed by atoms with Crippen LogP contribution in [-0.2, 0) is 4.74 Å². The third kappa shape index (κ3) is 3.38. The first-order chi connectivity index (χ1) is 7.89. The van der Waals surface area contributed by atoms with Gasteiger partial charge in [0, 0.05) is 12.4 Å². The number of ether oxygens (including phenoxy) is 1. The first-order valence-corrected chi connectivity index (χ1v) is 7.44. The Hall–Kier alpha value is -0.220. The zero-order valence-electron chi connectivity index (χ0n) is 11.4. The Bertz CT molecular complexity index is 303. The first-order valence-electron chi connectivity index (χ1n) is 6.46. The van der Waals surface area contributed by atoms with Gasteiger partial charge in [-0.15, -0.1) is 0 Å². The van der Waals surface area contributed by atoms with Crippen molar-refractivity contribution in [3.63, 3.8) is 0 Å². The normalized spacial score (nSPS) is 34.6. The number of hydrogen-bond donors (Lipinski definition) is 1. The Labute approximate surface area is 109 Å². The zero-order valence-corrected chi connectivity index (χ0v) is 12.2. The molecule has 17 heavy (non-hydrogen) atoms. The van der Waals surface area contributed by atoms with Gasteiger partial charge in [-0.25, -0.2) is 0 Å². The van der Waals surface area contributed by atoms with E-state index in [-0.39, 0.29) is 11.0 Å². The third-order valence-corrected chi connectivity index (χ3v) is 4.45. The van der Waals surface area contributed by atoms with E-state index in [0.717, 1.165) is 24.8 Å². The number of thioether (sulfide) groups is 1. The van der Waals surface area contributed by atoms with E-state index < -0.39 is 0 Å². The predicted molar refractivity (Wildman–Crippen MR) is 74.7 cm³/mol. The third-order valence-electron chi connectivity index (χ3n) is 3.53. The molecule has 1 saturated heterocycles. The average molecular weight is 256 g/mol. The number of nitrogens with zero attached hydrogens (tertiary/aromatic N) is 1. The number of amidine groups is 1. The van der Waals surface area contributed by atoms with Crippen LogP contribution in [-0.4, -0.2) is 35.7 Å². The summed E-state index contributed by atoms with van der Waals surface area (Å²) in [6.45, 7) is 10.7. The molecule has 1 fully saturated rings. The lowest BCUT2D eigenvalue weighted by Crippen LogP contribution is -2.47. The molecule has 2 aliphatic rings. The molecule has 0 radical (unpaired) electrons. The molecule has 3 nitrogen and oxygen atoms in total. The second kappa shape index (κ2) is 4.81. The molecule has 4 heteroatoms. The maximum atomic E-state index is 5.47. The fraction of sp³-hybridized carbons (Fsp3) is 0.923. The second-order valence-corrected chi connectivity index (χ2v) is 7.53. The van der Waals surface area contributed by atoms with Crippen LogP contribution in [0.3, 0.4) is 0 Å². The molecule has 0 aromatic rings. The second-order valence-electron chi connectivity index (χ2n) is 6.44. The summed E-state index contributed by atoms with van der Waals surface area (Å²) in [6, 6.07) is 0.442. The van der Waals surface area contributed by atoms with Gasteiger partial charge in [0.05, 0.1) is 18.2 Å². The Balaban J connectivity index is 2.03. The van der Waals surface area contributed by atoms with Crippen molar-refractivity contribution in [1.29, 1.82) is 0 Å². The van der Waals surface area contributed by atoms with Crippen LogP contribution in [0.2, 0.25) is 0 Å². The molecule has 0 aromatic carbocycles. The van der Waals surface area contributed by atoms with E-state index >= 15 is 0 Å². The van der Waals surface area contributed by atoms with Gasteiger partial charge in [-0.3, -0.25) is 4.99 Å². The SMILES string of the molecule is CC1(NC2=NC(C(C)(C)C)CCS2)CCOC1. The summed E-state index contributed by atoms with van der Waals surface area (Å²) in [4.78, 5) is 4.87. The summed E-state index contributed by atoms with van der Waals surface area (Å²) in [5.41, 5.74) is 0.354. The summed E-state index contributed by atoms with van der Waals surface area (Å²) < 4.78 is 5.47. The molecular formula is C13H24N2OS. The van der Waals surface area contributed by atoms with E-state index in [1.165, 1.54) is 12.2 Å². The fourth-order valence-electron chi connectivity index (χ4n) is 2.23. The van der Waals surface area contributed by atoms with Crippen LogP contribution >= 0.6 is 11.8 Å². The van der Waals surface area contributed by atoms with Crippen molar-refractivity contribution in [2.45, 2.75) is 52.1 Å². The van der Waals surface area contributed by atoms with Crippen molar-refractivity contribution in [3.8, 4) is 0 Å². The minimum absolute atomic E-state index is 0.0889. The molecule has 0 spiro atoms. The van der Waals surface area contributed by atoms with Gasteiger partial charge in [-0.1, -0.05) is 32.5 Å². The van der Waals surface area contributed by atoms with Gasteiger partial charge in [0.25, 0.3) is 0 Å². The molecule has 0 amide bonds. The number of nitrogens with one attached hydrogen (secondary N) is 1. The zero-order chi connectivity index (χ0) is 12.5. The predicted octanol–water partition coefficient (Wildman–Crippen LogP) is 2.66. The van der Waals surface area contributed by atoms with Gasteiger partial charge >= 0.3 is 0 Å². The molecule has 2 heterocycles. The molecule has 0 aromatic heterocycles. The molecule has 0 aliphatic carbocycles. The monoisotopic (exact) mass is 256 g/mol. The van der Waals surface area contributed by atoms with Gasteiger partial charge < -0.3 is 10.1 Å². The summed E-state index contributed by atoms with van der Waals surface area (Å²) in [7, 11) is 0. The van der Waals surface area contributed by atoms with Crippen LogP contribution in [0.1, 0.15) is 40.5 Å². The Morgan fingerprint density at radius 3 is 2.82 bits per heavy atom. The van der Waals surface area contributed by atoms with Gasteiger partial charge in [0.15, 0.2) is 5.17 Å². The summed E-state index contributed by atoms with van der Waals surface area (Å²) in [5.74, 6) is 1.17. The first kappa shape index (κ1) is 13.2. The molecular weight excluding hydrogens is 232 g/mol. The summed E-state index contributed by atoms with van der Waals surface area (Å²) in [6.07, 6.45) is 2.26. The van der Waals surface area contributed by atoms with Gasteiger partial charge in [0.1, 0.15) is 0 Å². The molecule has 1 N–H and O–H groups in total. The molecule has 2 unspecified atom stereocenters. The largest absolute Gasteiger partial charge is 0.379 e. The lowest BCUT2D eigenvalue weighted by atomic mass is 9.85. The maximum Gasteiger partial charge on any atom is 0.157 e. The number of aliphatic imine (C=N–C) groups is 1. The number of hydrogen-bond acceptors (Lipinski definition) is 4. The highest BCUT2D eigenvalue weighted by Gasteiger charge is 2.33. The quantitative estimate of drug-likeness (QED) is 0.783. The number of rotatable bonds is 1. The molecule has 2 atom stereocenters. The Morgan fingerprint density at radius 1 is 1.47 bits per heavy atom. The van der Waals surface area contributed by atoms with Crippen molar-refractivity contribution >= 4 is 16.9 Å². The Morgan fingerprint density at radius 2 is 2.24 bits per heavy atom. The van der Waals surface area contributed by atoms with Crippen LogP contribution in [0.5, 0.6) is 0 Å². The minimum Gasteiger partial charge on any atom is -0.379 e. The van der Waals surface area contributed by atoms with Crippen LogP contribution < -0.4 is 5.32 Å². The molecule has 2 aliphatic heterocycles. The molecule has 0 bridgehead atoms.